The molecule has 3 heteroatoms. The molecule has 2 atom stereocenters. The number of benzene rings is 1. The summed E-state index contributed by atoms with van der Waals surface area (Å²) in [6, 6.07) is 8.97. The molecule has 0 amide bonds. The largest absolute Gasteiger partial charge is 0.491 e. The van der Waals surface area contributed by atoms with Crippen molar-refractivity contribution in [2.45, 2.75) is 52.2 Å². The van der Waals surface area contributed by atoms with E-state index in [1.54, 1.807) is 7.11 Å². The van der Waals surface area contributed by atoms with E-state index in [-0.39, 0.29) is 6.10 Å². The molecule has 0 fully saturated rings. The van der Waals surface area contributed by atoms with Crippen LogP contribution < -0.4 is 10.1 Å². The molecule has 20 heavy (non-hydrogen) atoms. The molecule has 0 spiro atoms. The molecule has 0 saturated heterocycles. The van der Waals surface area contributed by atoms with E-state index in [1.165, 1.54) is 18.4 Å². The van der Waals surface area contributed by atoms with Gasteiger partial charge >= 0.3 is 0 Å². The lowest BCUT2D eigenvalue weighted by molar-refractivity contribution is 0.0716. The molecule has 1 rings (SSSR count). The summed E-state index contributed by atoms with van der Waals surface area (Å²) in [6.07, 6.45) is 3.59. The second-order valence-corrected chi connectivity index (χ2v) is 5.40. The van der Waals surface area contributed by atoms with Crippen molar-refractivity contribution in [3.05, 3.63) is 29.8 Å². The van der Waals surface area contributed by atoms with Gasteiger partial charge in [0, 0.05) is 13.2 Å². The van der Waals surface area contributed by atoms with Crippen LogP contribution in [0.1, 0.15) is 39.2 Å². The summed E-state index contributed by atoms with van der Waals surface area (Å²) in [6.45, 7) is 8.14. The first-order valence-electron chi connectivity index (χ1n) is 7.63. The predicted octanol–water partition coefficient (Wildman–Crippen LogP) is 3.42. The SMILES string of the molecule is CCCNC(C)CCc1ccc(OCC(C)OC)cc1. The monoisotopic (exact) mass is 279 g/mol. The number of ether oxygens (including phenoxy) is 2. The maximum atomic E-state index is 5.66. The van der Waals surface area contributed by atoms with Crippen LogP contribution in [-0.2, 0) is 11.2 Å². The second-order valence-electron chi connectivity index (χ2n) is 5.40. The number of rotatable bonds is 10. The third kappa shape index (κ3) is 6.92. The van der Waals surface area contributed by atoms with Gasteiger partial charge in [-0.25, -0.2) is 0 Å². The molecule has 0 heterocycles. The van der Waals surface area contributed by atoms with Crippen molar-refractivity contribution in [1.82, 2.24) is 5.32 Å². The fourth-order valence-corrected chi connectivity index (χ4v) is 1.91. The Morgan fingerprint density at radius 3 is 2.45 bits per heavy atom. The molecule has 0 radical (unpaired) electrons. The molecule has 0 aliphatic carbocycles. The van der Waals surface area contributed by atoms with Gasteiger partial charge in [0.05, 0.1) is 6.10 Å². The zero-order chi connectivity index (χ0) is 14.8. The quantitative estimate of drug-likeness (QED) is 0.712. The maximum Gasteiger partial charge on any atom is 0.119 e. The lowest BCUT2D eigenvalue weighted by Crippen LogP contribution is -2.27. The molecule has 1 N–H and O–H groups in total. The minimum atomic E-state index is 0.125. The Bertz CT molecular complexity index is 351. The van der Waals surface area contributed by atoms with Crippen LogP contribution in [0.15, 0.2) is 24.3 Å². The van der Waals surface area contributed by atoms with E-state index >= 15 is 0 Å². The first kappa shape index (κ1) is 17.0. The van der Waals surface area contributed by atoms with Gasteiger partial charge in [-0.2, -0.15) is 0 Å². The van der Waals surface area contributed by atoms with Crippen molar-refractivity contribution in [1.29, 1.82) is 0 Å². The smallest absolute Gasteiger partial charge is 0.119 e. The van der Waals surface area contributed by atoms with E-state index in [9.17, 15) is 0 Å². The van der Waals surface area contributed by atoms with Crippen LogP contribution in [0.4, 0.5) is 0 Å². The van der Waals surface area contributed by atoms with E-state index < -0.39 is 0 Å². The Balaban J connectivity index is 2.31. The Kier molecular flexibility index (Phi) is 8.31. The standard InChI is InChI=1S/C17H29NO2/c1-5-12-18-14(2)6-7-16-8-10-17(11-9-16)20-13-15(3)19-4/h8-11,14-15,18H,5-7,12-13H2,1-4H3. The van der Waals surface area contributed by atoms with E-state index in [4.69, 9.17) is 9.47 Å². The van der Waals surface area contributed by atoms with Crippen LogP contribution in [0.25, 0.3) is 0 Å². The predicted molar refractivity (Wildman–Crippen MR) is 84.5 cm³/mol. The zero-order valence-corrected chi connectivity index (χ0v) is 13.3. The minimum Gasteiger partial charge on any atom is -0.491 e. The third-order valence-electron chi connectivity index (χ3n) is 3.42. The van der Waals surface area contributed by atoms with Gasteiger partial charge in [0.15, 0.2) is 0 Å². The van der Waals surface area contributed by atoms with Crippen molar-refractivity contribution < 1.29 is 9.47 Å². The number of hydrogen-bond acceptors (Lipinski definition) is 3. The van der Waals surface area contributed by atoms with Gasteiger partial charge in [0.1, 0.15) is 12.4 Å². The lowest BCUT2D eigenvalue weighted by Gasteiger charge is -2.14. The number of aryl methyl sites for hydroxylation is 1. The molecule has 1 aromatic rings. The highest BCUT2D eigenvalue weighted by Gasteiger charge is 2.03. The molecule has 1 aromatic carbocycles. The number of methoxy groups -OCH3 is 1. The van der Waals surface area contributed by atoms with Crippen LogP contribution in [0.3, 0.4) is 0 Å². The van der Waals surface area contributed by atoms with Crippen molar-refractivity contribution in [2.75, 3.05) is 20.3 Å². The van der Waals surface area contributed by atoms with Gasteiger partial charge in [0.2, 0.25) is 0 Å². The van der Waals surface area contributed by atoms with E-state index in [1.807, 2.05) is 19.1 Å². The first-order valence-corrected chi connectivity index (χ1v) is 7.63. The molecule has 0 aromatic heterocycles. The summed E-state index contributed by atoms with van der Waals surface area (Å²) < 4.78 is 10.8. The molecule has 114 valence electrons. The normalized spacial score (nSPS) is 14.0. The lowest BCUT2D eigenvalue weighted by atomic mass is 10.1. The van der Waals surface area contributed by atoms with Gasteiger partial charge < -0.3 is 14.8 Å². The van der Waals surface area contributed by atoms with Gasteiger partial charge in [0.25, 0.3) is 0 Å². The summed E-state index contributed by atoms with van der Waals surface area (Å²) >= 11 is 0. The molecule has 3 nitrogen and oxygen atoms in total. The zero-order valence-electron chi connectivity index (χ0n) is 13.3. The van der Waals surface area contributed by atoms with Crippen molar-refractivity contribution >= 4 is 0 Å². The highest BCUT2D eigenvalue weighted by Crippen LogP contribution is 2.14. The molecule has 0 bridgehead atoms. The Morgan fingerprint density at radius 1 is 1.15 bits per heavy atom. The second kappa shape index (κ2) is 9.78. The molecule has 0 aliphatic rings. The van der Waals surface area contributed by atoms with Gasteiger partial charge in [-0.3, -0.25) is 0 Å². The van der Waals surface area contributed by atoms with Crippen molar-refractivity contribution in [3.63, 3.8) is 0 Å². The average Bonchev–Trinajstić information content (AvgIpc) is 2.49. The fourth-order valence-electron chi connectivity index (χ4n) is 1.91. The van der Waals surface area contributed by atoms with E-state index in [0.29, 0.717) is 12.6 Å². The highest BCUT2D eigenvalue weighted by atomic mass is 16.5. The van der Waals surface area contributed by atoms with Gasteiger partial charge in [-0.15, -0.1) is 0 Å². The maximum absolute atomic E-state index is 5.66. The third-order valence-corrected chi connectivity index (χ3v) is 3.42. The van der Waals surface area contributed by atoms with Crippen LogP contribution >= 0.6 is 0 Å². The van der Waals surface area contributed by atoms with E-state index in [0.717, 1.165) is 18.7 Å². The molecular weight excluding hydrogens is 250 g/mol. The summed E-state index contributed by atoms with van der Waals surface area (Å²) in [4.78, 5) is 0. The van der Waals surface area contributed by atoms with Gasteiger partial charge in [-0.05, 0) is 57.4 Å². The van der Waals surface area contributed by atoms with Crippen LogP contribution in [0.2, 0.25) is 0 Å². The van der Waals surface area contributed by atoms with Crippen molar-refractivity contribution in [3.8, 4) is 5.75 Å². The molecule has 0 saturated carbocycles. The van der Waals surface area contributed by atoms with Crippen LogP contribution in [0.5, 0.6) is 5.75 Å². The summed E-state index contributed by atoms with van der Waals surface area (Å²) in [5.74, 6) is 0.912. The molecule has 2 unspecified atom stereocenters. The summed E-state index contributed by atoms with van der Waals surface area (Å²) in [5.41, 5.74) is 1.36. The van der Waals surface area contributed by atoms with Crippen molar-refractivity contribution in [2.24, 2.45) is 0 Å². The van der Waals surface area contributed by atoms with Crippen LogP contribution in [-0.4, -0.2) is 32.4 Å². The first-order chi connectivity index (χ1) is 9.65. The number of nitrogens with one attached hydrogen (secondary N) is 1. The van der Waals surface area contributed by atoms with Crippen LogP contribution in [0, 0.1) is 0 Å². The van der Waals surface area contributed by atoms with Gasteiger partial charge in [-0.1, -0.05) is 19.1 Å². The van der Waals surface area contributed by atoms with E-state index in [2.05, 4.69) is 31.3 Å². The Hall–Kier alpha value is -1.06. The highest BCUT2D eigenvalue weighted by molar-refractivity contribution is 5.27. The Morgan fingerprint density at radius 2 is 1.85 bits per heavy atom. The summed E-state index contributed by atoms with van der Waals surface area (Å²) in [7, 11) is 1.70. The average molecular weight is 279 g/mol. The Labute approximate surface area is 123 Å². The minimum absolute atomic E-state index is 0.125. The molecule has 0 aliphatic heterocycles. The fraction of sp³-hybridized carbons (Fsp3) is 0.647. The molecular formula is C17H29NO2. The number of hydrogen-bond donors (Lipinski definition) is 1. The topological polar surface area (TPSA) is 30.5 Å². The summed E-state index contributed by atoms with van der Waals surface area (Å²) in [5, 5.41) is 3.51.